The van der Waals surface area contributed by atoms with E-state index in [2.05, 4.69) is 5.32 Å². The second-order valence-electron chi connectivity index (χ2n) is 6.29. The fourth-order valence-electron chi connectivity index (χ4n) is 3.27. The molecule has 0 radical (unpaired) electrons. The average Bonchev–Trinajstić information content (AvgIpc) is 2.85. The van der Waals surface area contributed by atoms with Crippen molar-refractivity contribution >= 4 is 29.2 Å². The van der Waals surface area contributed by atoms with Crippen molar-refractivity contribution in [1.29, 1.82) is 0 Å². The highest BCUT2D eigenvalue weighted by Gasteiger charge is 2.36. The summed E-state index contributed by atoms with van der Waals surface area (Å²) < 4.78 is 22.1. The molecule has 0 aromatic heterocycles. The Morgan fingerprint density at radius 3 is 2.55 bits per heavy atom. The van der Waals surface area contributed by atoms with Crippen LogP contribution in [0.2, 0.25) is 5.02 Å². The zero-order chi connectivity index (χ0) is 21.0. The van der Waals surface area contributed by atoms with Gasteiger partial charge in [0.15, 0.2) is 11.5 Å². The van der Waals surface area contributed by atoms with Crippen LogP contribution in [-0.4, -0.2) is 38.8 Å². The maximum atomic E-state index is 12.8. The minimum Gasteiger partial charge on any atom is -0.493 e. The van der Waals surface area contributed by atoms with Crippen LogP contribution in [0.25, 0.3) is 0 Å². The molecule has 0 fully saturated rings. The fourth-order valence-corrected chi connectivity index (χ4v) is 3.49. The van der Waals surface area contributed by atoms with Crippen molar-refractivity contribution in [1.82, 2.24) is 0 Å². The summed E-state index contributed by atoms with van der Waals surface area (Å²) in [5.74, 6) is -0.0179. The topological polar surface area (TPSA) is 83.1 Å². The molecule has 0 saturated heterocycles. The minimum atomic E-state index is -1.07. The molecule has 2 atom stereocenters. The van der Waals surface area contributed by atoms with Crippen molar-refractivity contribution in [2.24, 2.45) is 0 Å². The summed E-state index contributed by atoms with van der Waals surface area (Å²) in [4.78, 5) is 24.8. The summed E-state index contributed by atoms with van der Waals surface area (Å²) in [6.45, 7) is 1.91. The highest BCUT2D eigenvalue weighted by Crippen LogP contribution is 2.44. The highest BCUT2D eigenvalue weighted by molar-refractivity contribution is 6.34. The number of nitrogens with one attached hydrogen (secondary N) is 1. The third-order valence-corrected chi connectivity index (χ3v) is 4.86. The van der Waals surface area contributed by atoms with E-state index in [1.807, 2.05) is 6.07 Å². The van der Waals surface area contributed by atoms with Crippen LogP contribution < -0.4 is 14.8 Å². The Morgan fingerprint density at radius 2 is 1.86 bits per heavy atom. The number of amides is 1. The van der Waals surface area contributed by atoms with Crippen molar-refractivity contribution in [2.75, 3.05) is 26.1 Å². The molecular weight excluding hydrogens is 398 g/mol. The standard InChI is InChI=1S/C21H22ClNO6/c1-4-28-17(24)11-16-21(25)23-18-12(7-5-9-14(18)22)19(29-16)13-8-6-10-15(26-2)20(13)27-3/h5-10,16,19H,4,11H2,1-3H3,(H,23,25)/t16-,19+/m1/s1. The number of rotatable bonds is 6. The van der Waals surface area contributed by atoms with Crippen LogP contribution in [0, 0.1) is 0 Å². The van der Waals surface area contributed by atoms with Crippen LogP contribution in [-0.2, 0) is 19.1 Å². The van der Waals surface area contributed by atoms with Crippen LogP contribution in [0.4, 0.5) is 5.69 Å². The van der Waals surface area contributed by atoms with Crippen molar-refractivity contribution in [3.05, 3.63) is 52.5 Å². The molecule has 7 nitrogen and oxygen atoms in total. The van der Waals surface area contributed by atoms with E-state index in [0.29, 0.717) is 33.3 Å². The summed E-state index contributed by atoms with van der Waals surface area (Å²) in [6.07, 6.45) is -2.03. The summed E-state index contributed by atoms with van der Waals surface area (Å²) in [5.41, 5.74) is 1.71. The van der Waals surface area contributed by atoms with Crippen molar-refractivity contribution in [3.63, 3.8) is 0 Å². The van der Waals surface area contributed by atoms with Gasteiger partial charge in [-0.25, -0.2) is 0 Å². The van der Waals surface area contributed by atoms with Crippen molar-refractivity contribution < 1.29 is 28.5 Å². The van der Waals surface area contributed by atoms with Crippen LogP contribution in [0.5, 0.6) is 11.5 Å². The predicted molar refractivity (Wildman–Crippen MR) is 108 cm³/mol. The Hall–Kier alpha value is -2.77. The van der Waals surface area contributed by atoms with Gasteiger partial charge >= 0.3 is 5.97 Å². The zero-order valence-electron chi connectivity index (χ0n) is 16.4. The van der Waals surface area contributed by atoms with Crippen molar-refractivity contribution in [2.45, 2.75) is 25.6 Å². The molecule has 0 bridgehead atoms. The molecule has 0 aliphatic carbocycles. The number of carbonyl (C=O) groups is 2. The van der Waals surface area contributed by atoms with E-state index in [0.717, 1.165) is 0 Å². The number of hydrogen-bond donors (Lipinski definition) is 1. The first-order valence-corrected chi connectivity index (χ1v) is 9.49. The van der Waals surface area contributed by atoms with Crippen molar-refractivity contribution in [3.8, 4) is 11.5 Å². The molecule has 3 rings (SSSR count). The molecule has 1 heterocycles. The van der Waals surface area contributed by atoms with Gasteiger partial charge in [-0.2, -0.15) is 0 Å². The van der Waals surface area contributed by atoms with Crippen LogP contribution >= 0.6 is 11.6 Å². The second-order valence-corrected chi connectivity index (χ2v) is 6.70. The lowest BCUT2D eigenvalue weighted by molar-refractivity contribution is -0.150. The van der Waals surface area contributed by atoms with Gasteiger partial charge in [-0.3, -0.25) is 9.59 Å². The molecular formula is C21H22ClNO6. The minimum absolute atomic E-state index is 0.215. The molecule has 29 heavy (non-hydrogen) atoms. The summed E-state index contributed by atoms with van der Waals surface area (Å²) in [6, 6.07) is 10.6. The molecule has 0 spiro atoms. The maximum absolute atomic E-state index is 12.8. The summed E-state index contributed by atoms with van der Waals surface area (Å²) in [5, 5.41) is 3.14. The number of hydrogen-bond acceptors (Lipinski definition) is 6. The van der Waals surface area contributed by atoms with Gasteiger partial charge < -0.3 is 24.3 Å². The molecule has 1 N–H and O–H groups in total. The number of fused-ring (bicyclic) bond motifs is 1. The number of ether oxygens (including phenoxy) is 4. The van der Waals surface area contributed by atoms with Gasteiger partial charge in [0.25, 0.3) is 5.91 Å². The van der Waals surface area contributed by atoms with Gasteiger partial charge in [0.2, 0.25) is 0 Å². The lowest BCUT2D eigenvalue weighted by Gasteiger charge is -2.24. The Balaban J connectivity index is 2.11. The Kier molecular flexibility index (Phi) is 6.61. The number of methoxy groups -OCH3 is 2. The Bertz CT molecular complexity index is 916. The lowest BCUT2D eigenvalue weighted by atomic mass is 9.98. The quantitative estimate of drug-likeness (QED) is 0.718. The highest BCUT2D eigenvalue weighted by atomic mass is 35.5. The first-order valence-electron chi connectivity index (χ1n) is 9.11. The van der Waals surface area contributed by atoms with E-state index in [9.17, 15) is 9.59 Å². The van der Waals surface area contributed by atoms with Crippen LogP contribution in [0.3, 0.4) is 0 Å². The molecule has 2 aromatic rings. The van der Waals surface area contributed by atoms with Crippen LogP contribution in [0.15, 0.2) is 36.4 Å². The molecule has 154 valence electrons. The summed E-state index contributed by atoms with van der Waals surface area (Å²) in [7, 11) is 3.06. The van der Waals surface area contributed by atoms with E-state index >= 15 is 0 Å². The number of esters is 1. The van der Waals surface area contributed by atoms with E-state index in [1.54, 1.807) is 37.3 Å². The summed E-state index contributed by atoms with van der Waals surface area (Å²) >= 11 is 6.35. The molecule has 0 saturated carbocycles. The maximum Gasteiger partial charge on any atom is 0.308 e. The van der Waals surface area contributed by atoms with Gasteiger partial charge in [-0.05, 0) is 19.1 Å². The third kappa shape index (κ3) is 4.31. The fraction of sp³-hybridized carbons (Fsp3) is 0.333. The Morgan fingerprint density at radius 1 is 1.14 bits per heavy atom. The normalized spacial score (nSPS) is 18.3. The first kappa shape index (κ1) is 21.0. The van der Waals surface area contributed by atoms with E-state index < -0.39 is 24.1 Å². The van der Waals surface area contributed by atoms with Gasteiger partial charge in [-0.15, -0.1) is 0 Å². The monoisotopic (exact) mass is 419 g/mol. The number of carbonyl (C=O) groups excluding carboxylic acids is 2. The third-order valence-electron chi connectivity index (χ3n) is 4.54. The average molecular weight is 420 g/mol. The smallest absolute Gasteiger partial charge is 0.308 e. The SMILES string of the molecule is CCOC(=O)C[C@H]1O[C@H](c2cccc(OC)c2OC)c2cccc(Cl)c2NC1=O. The zero-order valence-corrected chi connectivity index (χ0v) is 17.1. The van der Waals surface area contributed by atoms with Crippen LogP contribution in [0.1, 0.15) is 30.6 Å². The van der Waals surface area contributed by atoms with Gasteiger partial charge in [0.1, 0.15) is 12.2 Å². The predicted octanol–water partition coefficient (Wildman–Crippen LogP) is 3.74. The first-order chi connectivity index (χ1) is 14.0. The van der Waals surface area contributed by atoms with E-state index in [-0.39, 0.29) is 13.0 Å². The molecule has 8 heteroatoms. The second kappa shape index (κ2) is 9.15. The Labute approximate surface area is 173 Å². The number of anilines is 1. The van der Waals surface area contributed by atoms with E-state index in [1.165, 1.54) is 14.2 Å². The number of halogens is 1. The largest absolute Gasteiger partial charge is 0.493 e. The van der Waals surface area contributed by atoms with Gasteiger partial charge in [-0.1, -0.05) is 35.9 Å². The van der Waals surface area contributed by atoms with Gasteiger partial charge in [0.05, 0.1) is 38.0 Å². The number of benzene rings is 2. The lowest BCUT2D eigenvalue weighted by Crippen LogP contribution is -2.32. The van der Waals surface area contributed by atoms with E-state index in [4.69, 9.17) is 30.5 Å². The molecule has 1 aliphatic rings. The molecule has 1 amide bonds. The molecule has 0 unspecified atom stereocenters. The van der Waals surface area contributed by atoms with Gasteiger partial charge in [0, 0.05) is 11.1 Å². The number of para-hydroxylation sites is 2. The molecule has 1 aliphatic heterocycles. The molecule has 2 aromatic carbocycles.